The zero-order valence-corrected chi connectivity index (χ0v) is 15.3. The highest BCUT2D eigenvalue weighted by atomic mass is 16.5. The fourth-order valence-corrected chi connectivity index (χ4v) is 2.41. The second-order valence-corrected chi connectivity index (χ2v) is 5.91. The molecule has 0 saturated carbocycles. The number of ether oxygens (including phenoxy) is 3. The van der Waals surface area contributed by atoms with Crippen molar-refractivity contribution >= 4 is 0 Å². The Labute approximate surface area is 150 Å². The number of hydrogen-bond donors (Lipinski definition) is 1. The van der Waals surface area contributed by atoms with E-state index in [4.69, 9.17) is 14.2 Å². The minimum atomic E-state index is 0.484. The second-order valence-electron chi connectivity index (χ2n) is 5.91. The molecule has 0 saturated heterocycles. The zero-order chi connectivity index (χ0) is 18.1. The van der Waals surface area contributed by atoms with Crippen LogP contribution in [-0.4, -0.2) is 20.3 Å². The van der Waals surface area contributed by atoms with E-state index in [0.29, 0.717) is 13.2 Å². The molecular weight excluding hydrogens is 314 g/mol. The van der Waals surface area contributed by atoms with E-state index in [1.165, 1.54) is 5.56 Å². The van der Waals surface area contributed by atoms with E-state index in [-0.39, 0.29) is 0 Å². The van der Waals surface area contributed by atoms with Gasteiger partial charge in [0.05, 0.1) is 13.7 Å². The van der Waals surface area contributed by atoms with Gasteiger partial charge in [-0.15, -0.1) is 0 Å². The molecule has 2 rings (SSSR count). The fraction of sp³-hybridized carbons (Fsp3) is 0.333. The third-order valence-electron chi connectivity index (χ3n) is 3.57. The van der Waals surface area contributed by atoms with Gasteiger partial charge in [0.2, 0.25) is 0 Å². The summed E-state index contributed by atoms with van der Waals surface area (Å²) in [6.45, 7) is 10.5. The lowest BCUT2D eigenvalue weighted by Gasteiger charge is -2.13. The maximum absolute atomic E-state index is 5.77. The maximum Gasteiger partial charge on any atom is 0.161 e. The van der Waals surface area contributed by atoms with Gasteiger partial charge in [-0.05, 0) is 54.8 Å². The van der Waals surface area contributed by atoms with E-state index in [0.717, 1.165) is 41.5 Å². The van der Waals surface area contributed by atoms with Gasteiger partial charge in [-0.2, -0.15) is 0 Å². The zero-order valence-electron chi connectivity index (χ0n) is 15.3. The standard InChI is InChI=1S/C21H27NO3/c1-5-24-19-8-6-7-17(11-19)13-22-14-18-9-10-20(23-4)21(12-18)25-15-16(2)3/h6-12,22H,2,5,13-15H2,1,3-4H3. The molecule has 0 aliphatic heterocycles. The molecule has 134 valence electrons. The molecule has 2 aromatic rings. The SMILES string of the molecule is C=C(C)COc1cc(CNCc2cccc(OCC)c2)ccc1OC. The molecule has 2 aromatic carbocycles. The third kappa shape index (κ3) is 6.16. The molecule has 0 amide bonds. The van der Waals surface area contributed by atoms with Crippen molar-refractivity contribution in [3.63, 3.8) is 0 Å². The summed E-state index contributed by atoms with van der Waals surface area (Å²) in [7, 11) is 1.65. The molecule has 0 aliphatic carbocycles. The predicted octanol–water partition coefficient (Wildman–Crippen LogP) is 4.34. The van der Waals surface area contributed by atoms with Crippen molar-refractivity contribution < 1.29 is 14.2 Å². The van der Waals surface area contributed by atoms with Crippen molar-refractivity contribution in [1.29, 1.82) is 0 Å². The van der Waals surface area contributed by atoms with Crippen molar-refractivity contribution in [2.45, 2.75) is 26.9 Å². The average Bonchev–Trinajstić information content (AvgIpc) is 2.61. The number of benzene rings is 2. The Kier molecular flexibility index (Phi) is 7.36. The number of nitrogens with one attached hydrogen (secondary N) is 1. The van der Waals surface area contributed by atoms with Gasteiger partial charge in [-0.3, -0.25) is 0 Å². The van der Waals surface area contributed by atoms with Crippen molar-refractivity contribution in [2.75, 3.05) is 20.3 Å². The Bertz CT molecular complexity index is 697. The molecule has 0 spiro atoms. The lowest BCUT2D eigenvalue weighted by Crippen LogP contribution is -2.13. The summed E-state index contributed by atoms with van der Waals surface area (Å²) in [5.41, 5.74) is 3.30. The number of hydrogen-bond acceptors (Lipinski definition) is 4. The molecule has 4 nitrogen and oxygen atoms in total. The largest absolute Gasteiger partial charge is 0.494 e. The van der Waals surface area contributed by atoms with Crippen LogP contribution < -0.4 is 19.5 Å². The highest BCUT2D eigenvalue weighted by molar-refractivity contribution is 5.43. The van der Waals surface area contributed by atoms with Crippen LogP contribution in [0.1, 0.15) is 25.0 Å². The van der Waals surface area contributed by atoms with Crippen LogP contribution in [0.25, 0.3) is 0 Å². The monoisotopic (exact) mass is 341 g/mol. The Balaban J connectivity index is 1.94. The van der Waals surface area contributed by atoms with Crippen molar-refractivity contribution in [1.82, 2.24) is 5.32 Å². The summed E-state index contributed by atoms with van der Waals surface area (Å²) >= 11 is 0. The van der Waals surface area contributed by atoms with Gasteiger partial charge in [0, 0.05) is 13.1 Å². The Morgan fingerprint density at radius 3 is 2.44 bits per heavy atom. The minimum absolute atomic E-state index is 0.484. The average molecular weight is 341 g/mol. The molecule has 0 unspecified atom stereocenters. The number of rotatable bonds is 10. The summed E-state index contributed by atoms with van der Waals surface area (Å²) < 4.78 is 16.7. The molecule has 0 fully saturated rings. The van der Waals surface area contributed by atoms with E-state index in [2.05, 4.69) is 24.0 Å². The maximum atomic E-state index is 5.77. The van der Waals surface area contributed by atoms with Crippen LogP contribution in [0.5, 0.6) is 17.2 Å². The smallest absolute Gasteiger partial charge is 0.161 e. The first kappa shape index (κ1) is 18.9. The summed E-state index contributed by atoms with van der Waals surface area (Å²) in [6, 6.07) is 14.1. The third-order valence-corrected chi connectivity index (χ3v) is 3.57. The first-order valence-corrected chi connectivity index (χ1v) is 8.49. The molecular formula is C21H27NO3. The molecule has 0 aliphatic rings. The normalized spacial score (nSPS) is 10.4. The summed E-state index contributed by atoms with van der Waals surface area (Å²) in [6.07, 6.45) is 0. The van der Waals surface area contributed by atoms with Crippen LogP contribution in [0.15, 0.2) is 54.6 Å². The van der Waals surface area contributed by atoms with E-state index < -0.39 is 0 Å². The van der Waals surface area contributed by atoms with Gasteiger partial charge < -0.3 is 19.5 Å². The van der Waals surface area contributed by atoms with Gasteiger partial charge in [0.1, 0.15) is 12.4 Å². The fourth-order valence-electron chi connectivity index (χ4n) is 2.41. The van der Waals surface area contributed by atoms with Crippen molar-refractivity contribution in [3.8, 4) is 17.2 Å². The van der Waals surface area contributed by atoms with Crippen molar-refractivity contribution in [3.05, 3.63) is 65.7 Å². The summed E-state index contributed by atoms with van der Waals surface area (Å²) in [5, 5.41) is 3.45. The first-order chi connectivity index (χ1) is 12.1. The van der Waals surface area contributed by atoms with Crippen LogP contribution in [0, 0.1) is 0 Å². The van der Waals surface area contributed by atoms with Gasteiger partial charge >= 0.3 is 0 Å². The van der Waals surface area contributed by atoms with E-state index in [1.807, 2.05) is 44.2 Å². The summed E-state index contributed by atoms with van der Waals surface area (Å²) in [5.74, 6) is 2.37. The van der Waals surface area contributed by atoms with Gasteiger partial charge in [-0.1, -0.05) is 24.8 Å². The van der Waals surface area contributed by atoms with Gasteiger partial charge in [0.25, 0.3) is 0 Å². The second kappa shape index (κ2) is 9.74. The Morgan fingerprint density at radius 1 is 1.00 bits per heavy atom. The molecule has 0 bridgehead atoms. The first-order valence-electron chi connectivity index (χ1n) is 8.49. The Morgan fingerprint density at radius 2 is 1.76 bits per heavy atom. The molecule has 0 radical (unpaired) electrons. The van der Waals surface area contributed by atoms with Crippen LogP contribution in [0.4, 0.5) is 0 Å². The van der Waals surface area contributed by atoms with Crippen LogP contribution in [0.2, 0.25) is 0 Å². The van der Waals surface area contributed by atoms with E-state index in [1.54, 1.807) is 7.11 Å². The molecule has 0 heterocycles. The highest BCUT2D eigenvalue weighted by Crippen LogP contribution is 2.28. The Hall–Kier alpha value is -2.46. The molecule has 25 heavy (non-hydrogen) atoms. The lowest BCUT2D eigenvalue weighted by atomic mass is 10.1. The lowest BCUT2D eigenvalue weighted by molar-refractivity contribution is 0.319. The molecule has 0 atom stereocenters. The molecule has 1 N–H and O–H groups in total. The van der Waals surface area contributed by atoms with Gasteiger partial charge in [-0.25, -0.2) is 0 Å². The van der Waals surface area contributed by atoms with E-state index in [9.17, 15) is 0 Å². The molecule has 0 aromatic heterocycles. The predicted molar refractivity (Wildman–Crippen MR) is 101 cm³/mol. The number of methoxy groups -OCH3 is 1. The van der Waals surface area contributed by atoms with E-state index >= 15 is 0 Å². The summed E-state index contributed by atoms with van der Waals surface area (Å²) in [4.78, 5) is 0. The molecule has 4 heteroatoms. The quantitative estimate of drug-likeness (QED) is 0.653. The minimum Gasteiger partial charge on any atom is -0.494 e. The van der Waals surface area contributed by atoms with Crippen LogP contribution >= 0.6 is 0 Å². The van der Waals surface area contributed by atoms with Crippen LogP contribution in [0.3, 0.4) is 0 Å². The van der Waals surface area contributed by atoms with Crippen LogP contribution in [-0.2, 0) is 13.1 Å². The highest BCUT2D eigenvalue weighted by Gasteiger charge is 2.06. The van der Waals surface area contributed by atoms with Gasteiger partial charge in [0.15, 0.2) is 11.5 Å². The topological polar surface area (TPSA) is 39.7 Å². The van der Waals surface area contributed by atoms with Crippen molar-refractivity contribution in [2.24, 2.45) is 0 Å².